The molecule has 0 bridgehead atoms. The van der Waals surface area contributed by atoms with Gasteiger partial charge in [0, 0.05) is 16.1 Å². The van der Waals surface area contributed by atoms with Crippen molar-refractivity contribution in [2.45, 2.75) is 6.92 Å². The zero-order chi connectivity index (χ0) is 13.4. The predicted octanol–water partition coefficient (Wildman–Crippen LogP) is 4.31. The van der Waals surface area contributed by atoms with Gasteiger partial charge in [-0.25, -0.2) is 4.98 Å². The van der Waals surface area contributed by atoms with Gasteiger partial charge in [0.05, 0.1) is 18.1 Å². The van der Waals surface area contributed by atoms with Gasteiger partial charge in [-0.2, -0.15) is 0 Å². The van der Waals surface area contributed by atoms with E-state index in [1.165, 1.54) is 5.56 Å². The van der Waals surface area contributed by atoms with Gasteiger partial charge in [0.1, 0.15) is 11.6 Å². The maximum Gasteiger partial charge on any atom is 0.139 e. The topological polar surface area (TPSA) is 37.9 Å². The molecule has 3 nitrogen and oxygen atoms in total. The lowest BCUT2D eigenvalue weighted by Gasteiger charge is -2.02. The number of nitrogens with zero attached hydrogens (tertiary/aromatic N) is 1. The second kappa shape index (κ2) is 4.70. The van der Waals surface area contributed by atoms with Gasteiger partial charge < -0.3 is 9.72 Å². The molecule has 0 aliphatic rings. The van der Waals surface area contributed by atoms with E-state index in [0.717, 1.165) is 32.6 Å². The Morgan fingerprint density at radius 1 is 1.16 bits per heavy atom. The highest BCUT2D eigenvalue weighted by molar-refractivity contribution is 9.10. The van der Waals surface area contributed by atoms with Gasteiger partial charge in [-0.05, 0) is 31.2 Å². The molecule has 0 spiro atoms. The number of fused-ring (bicyclic) bond motifs is 1. The van der Waals surface area contributed by atoms with Gasteiger partial charge in [0.15, 0.2) is 0 Å². The van der Waals surface area contributed by atoms with Crippen LogP contribution >= 0.6 is 15.9 Å². The van der Waals surface area contributed by atoms with Crippen LogP contribution < -0.4 is 4.74 Å². The Labute approximate surface area is 119 Å². The molecule has 4 heteroatoms. The zero-order valence-electron chi connectivity index (χ0n) is 10.7. The number of aryl methyl sites for hydroxylation is 1. The van der Waals surface area contributed by atoms with Crippen molar-refractivity contribution >= 4 is 27.0 Å². The summed E-state index contributed by atoms with van der Waals surface area (Å²) in [6.07, 6.45) is 0. The molecule has 3 aromatic rings. The molecule has 0 aliphatic carbocycles. The molecule has 0 aliphatic heterocycles. The minimum absolute atomic E-state index is 0.825. The number of imidazole rings is 1. The summed E-state index contributed by atoms with van der Waals surface area (Å²) in [5.74, 6) is 1.69. The Balaban J connectivity index is 2.17. The van der Waals surface area contributed by atoms with E-state index in [-0.39, 0.29) is 0 Å². The Hall–Kier alpha value is -1.81. The SMILES string of the molecule is COc1ccc2nc(-c3cc(C)ccc3Br)[nH]c2c1. The van der Waals surface area contributed by atoms with Crippen LogP contribution in [0.4, 0.5) is 0 Å². The fraction of sp³-hybridized carbons (Fsp3) is 0.133. The van der Waals surface area contributed by atoms with Gasteiger partial charge in [0.25, 0.3) is 0 Å². The average Bonchev–Trinajstić information content (AvgIpc) is 2.83. The number of aromatic amines is 1. The second-order valence-electron chi connectivity index (χ2n) is 4.45. The standard InChI is InChI=1S/C15H13BrN2O/c1-9-3-5-12(16)11(7-9)15-17-13-6-4-10(19-2)8-14(13)18-15/h3-8H,1-2H3,(H,17,18). The summed E-state index contributed by atoms with van der Waals surface area (Å²) in [6.45, 7) is 2.07. The van der Waals surface area contributed by atoms with Crippen LogP contribution in [-0.4, -0.2) is 17.1 Å². The highest BCUT2D eigenvalue weighted by atomic mass is 79.9. The first-order chi connectivity index (χ1) is 9.17. The normalized spacial score (nSPS) is 10.9. The number of ether oxygens (including phenoxy) is 1. The van der Waals surface area contributed by atoms with Crippen molar-refractivity contribution in [2.24, 2.45) is 0 Å². The second-order valence-corrected chi connectivity index (χ2v) is 5.31. The predicted molar refractivity (Wildman–Crippen MR) is 80.5 cm³/mol. The van der Waals surface area contributed by atoms with Crippen molar-refractivity contribution in [3.05, 3.63) is 46.4 Å². The Morgan fingerprint density at radius 3 is 2.79 bits per heavy atom. The molecular weight excluding hydrogens is 304 g/mol. The van der Waals surface area contributed by atoms with E-state index in [0.29, 0.717) is 0 Å². The molecule has 1 N–H and O–H groups in total. The quantitative estimate of drug-likeness (QED) is 0.765. The lowest BCUT2D eigenvalue weighted by Crippen LogP contribution is -1.83. The molecule has 2 aromatic carbocycles. The van der Waals surface area contributed by atoms with Crippen LogP contribution in [0.2, 0.25) is 0 Å². The summed E-state index contributed by atoms with van der Waals surface area (Å²) in [6, 6.07) is 12.0. The Bertz CT molecular complexity index is 749. The molecule has 19 heavy (non-hydrogen) atoms. The molecule has 0 radical (unpaired) electrons. The van der Waals surface area contributed by atoms with E-state index < -0.39 is 0 Å². The summed E-state index contributed by atoms with van der Waals surface area (Å²) in [5.41, 5.74) is 4.18. The smallest absolute Gasteiger partial charge is 0.139 e. The van der Waals surface area contributed by atoms with Crippen LogP contribution in [0, 0.1) is 6.92 Å². The van der Waals surface area contributed by atoms with Crippen LogP contribution in [0.3, 0.4) is 0 Å². The number of hydrogen-bond donors (Lipinski definition) is 1. The molecule has 0 fully saturated rings. The average molecular weight is 317 g/mol. The summed E-state index contributed by atoms with van der Waals surface area (Å²) < 4.78 is 6.25. The van der Waals surface area contributed by atoms with E-state index >= 15 is 0 Å². The summed E-state index contributed by atoms with van der Waals surface area (Å²) in [7, 11) is 1.66. The third-order valence-corrected chi connectivity index (χ3v) is 3.76. The Kier molecular flexibility index (Phi) is 3.03. The maximum absolute atomic E-state index is 5.22. The minimum atomic E-state index is 0.825. The molecule has 0 saturated heterocycles. The minimum Gasteiger partial charge on any atom is -0.497 e. The first kappa shape index (κ1) is 12.2. The van der Waals surface area contributed by atoms with Crippen LogP contribution in [0.15, 0.2) is 40.9 Å². The molecule has 1 heterocycles. The van der Waals surface area contributed by atoms with Crippen molar-refractivity contribution in [2.75, 3.05) is 7.11 Å². The molecule has 0 unspecified atom stereocenters. The number of H-pyrrole nitrogens is 1. The molecule has 0 amide bonds. The summed E-state index contributed by atoms with van der Waals surface area (Å²) in [5, 5.41) is 0. The van der Waals surface area contributed by atoms with E-state index in [9.17, 15) is 0 Å². The number of nitrogens with one attached hydrogen (secondary N) is 1. The molecule has 3 rings (SSSR count). The fourth-order valence-corrected chi connectivity index (χ4v) is 2.50. The van der Waals surface area contributed by atoms with Gasteiger partial charge in [-0.3, -0.25) is 0 Å². The van der Waals surface area contributed by atoms with Crippen molar-refractivity contribution in [3.63, 3.8) is 0 Å². The van der Waals surface area contributed by atoms with Crippen molar-refractivity contribution in [3.8, 4) is 17.1 Å². The number of benzene rings is 2. The molecular formula is C15H13BrN2O. The summed E-state index contributed by atoms with van der Waals surface area (Å²) in [4.78, 5) is 7.95. The van der Waals surface area contributed by atoms with E-state index in [1.54, 1.807) is 7.11 Å². The van der Waals surface area contributed by atoms with Gasteiger partial charge >= 0.3 is 0 Å². The first-order valence-electron chi connectivity index (χ1n) is 5.97. The van der Waals surface area contributed by atoms with E-state index in [2.05, 4.69) is 45.0 Å². The number of methoxy groups -OCH3 is 1. The third-order valence-electron chi connectivity index (χ3n) is 3.07. The number of aromatic nitrogens is 2. The van der Waals surface area contributed by atoms with Crippen LogP contribution in [0.25, 0.3) is 22.4 Å². The lowest BCUT2D eigenvalue weighted by atomic mass is 10.1. The highest BCUT2D eigenvalue weighted by Gasteiger charge is 2.09. The van der Waals surface area contributed by atoms with E-state index in [4.69, 9.17) is 4.74 Å². The van der Waals surface area contributed by atoms with Gasteiger partial charge in [0.2, 0.25) is 0 Å². The number of rotatable bonds is 2. The monoisotopic (exact) mass is 316 g/mol. The van der Waals surface area contributed by atoms with Gasteiger partial charge in [-0.15, -0.1) is 0 Å². The molecule has 1 aromatic heterocycles. The molecule has 0 saturated carbocycles. The highest BCUT2D eigenvalue weighted by Crippen LogP contribution is 2.29. The maximum atomic E-state index is 5.22. The van der Waals surface area contributed by atoms with Crippen LogP contribution in [0.5, 0.6) is 5.75 Å². The summed E-state index contributed by atoms with van der Waals surface area (Å²) >= 11 is 3.57. The third kappa shape index (κ3) is 2.24. The fourth-order valence-electron chi connectivity index (χ4n) is 2.06. The number of hydrogen-bond acceptors (Lipinski definition) is 2. The van der Waals surface area contributed by atoms with Gasteiger partial charge in [-0.1, -0.05) is 27.6 Å². The number of halogens is 1. The van der Waals surface area contributed by atoms with Crippen LogP contribution in [0.1, 0.15) is 5.56 Å². The lowest BCUT2D eigenvalue weighted by molar-refractivity contribution is 0.415. The Morgan fingerprint density at radius 2 is 2.00 bits per heavy atom. The van der Waals surface area contributed by atoms with E-state index in [1.807, 2.05) is 24.3 Å². The van der Waals surface area contributed by atoms with Crippen LogP contribution in [-0.2, 0) is 0 Å². The van der Waals surface area contributed by atoms with Crippen molar-refractivity contribution in [1.29, 1.82) is 0 Å². The van der Waals surface area contributed by atoms with Crippen molar-refractivity contribution in [1.82, 2.24) is 9.97 Å². The first-order valence-corrected chi connectivity index (χ1v) is 6.77. The van der Waals surface area contributed by atoms with Crippen molar-refractivity contribution < 1.29 is 4.74 Å². The molecule has 0 atom stereocenters. The largest absolute Gasteiger partial charge is 0.497 e. The zero-order valence-corrected chi connectivity index (χ0v) is 12.3. The molecule has 96 valence electrons.